The molecule has 24 heavy (non-hydrogen) atoms. The molecule has 1 aromatic carbocycles. The van der Waals surface area contributed by atoms with Gasteiger partial charge in [-0.25, -0.2) is 0 Å². The lowest BCUT2D eigenvalue weighted by Crippen LogP contribution is -2.47. The van der Waals surface area contributed by atoms with Gasteiger partial charge in [0.25, 0.3) is 0 Å². The second-order valence-corrected chi connectivity index (χ2v) is 7.45. The quantitative estimate of drug-likeness (QED) is 0.868. The van der Waals surface area contributed by atoms with Crippen molar-refractivity contribution in [3.8, 4) is 0 Å². The third kappa shape index (κ3) is 2.63. The molecule has 4 rings (SSSR count). The zero-order valence-electron chi connectivity index (χ0n) is 14.7. The van der Waals surface area contributed by atoms with Crippen molar-refractivity contribution in [1.82, 2.24) is 14.4 Å². The zero-order valence-corrected chi connectivity index (χ0v) is 14.7. The van der Waals surface area contributed by atoms with Crippen molar-refractivity contribution in [1.29, 1.82) is 0 Å². The standard InChI is InChI=1S/C20H27N3O/c1-21-11-5-9-18(21)19-10-6-12-23(19)20(24)13-15-14-22(2)17-8-4-3-7-16(15)17/h3-4,7-8,14,18-19H,5-6,9-13H2,1-2H3/t18-,19-/m0/s1. The second kappa shape index (κ2) is 6.25. The van der Waals surface area contributed by atoms with Crippen molar-refractivity contribution in [2.24, 2.45) is 7.05 Å². The zero-order chi connectivity index (χ0) is 16.7. The maximum Gasteiger partial charge on any atom is 0.227 e. The van der Waals surface area contributed by atoms with Crippen LogP contribution in [-0.2, 0) is 18.3 Å². The molecule has 2 saturated heterocycles. The molecule has 1 aromatic heterocycles. The van der Waals surface area contributed by atoms with E-state index in [1.807, 2.05) is 0 Å². The van der Waals surface area contributed by atoms with Gasteiger partial charge in [0.2, 0.25) is 5.91 Å². The van der Waals surface area contributed by atoms with Crippen molar-refractivity contribution in [2.45, 2.75) is 44.2 Å². The number of para-hydroxylation sites is 1. The number of benzene rings is 1. The molecule has 2 atom stereocenters. The Labute approximate surface area is 144 Å². The third-order valence-electron chi connectivity index (χ3n) is 5.96. The molecule has 0 spiro atoms. The summed E-state index contributed by atoms with van der Waals surface area (Å²) in [6.45, 7) is 2.10. The highest BCUT2D eigenvalue weighted by atomic mass is 16.2. The molecule has 0 bridgehead atoms. The SMILES string of the molecule is CN1CCC[C@H]1[C@@H]1CCCN1C(=O)Cc1cn(C)c2ccccc12. The van der Waals surface area contributed by atoms with E-state index in [4.69, 9.17) is 0 Å². The van der Waals surface area contributed by atoms with E-state index < -0.39 is 0 Å². The first-order valence-electron chi connectivity index (χ1n) is 9.18. The van der Waals surface area contributed by atoms with Crippen LogP contribution in [-0.4, -0.2) is 52.5 Å². The lowest BCUT2D eigenvalue weighted by Gasteiger charge is -2.33. The molecule has 0 aliphatic carbocycles. The van der Waals surface area contributed by atoms with Crippen molar-refractivity contribution in [3.05, 3.63) is 36.0 Å². The third-order valence-corrected chi connectivity index (χ3v) is 5.96. The minimum absolute atomic E-state index is 0.300. The number of aromatic nitrogens is 1. The largest absolute Gasteiger partial charge is 0.350 e. The van der Waals surface area contributed by atoms with Crippen LogP contribution in [0.25, 0.3) is 10.9 Å². The van der Waals surface area contributed by atoms with Gasteiger partial charge in [0, 0.05) is 42.8 Å². The molecule has 0 radical (unpaired) electrons. The number of hydrogen-bond donors (Lipinski definition) is 0. The Morgan fingerprint density at radius 1 is 1.08 bits per heavy atom. The summed E-state index contributed by atoms with van der Waals surface area (Å²) in [5.41, 5.74) is 2.36. The number of carbonyl (C=O) groups excluding carboxylic acids is 1. The number of likely N-dealkylation sites (tertiary alicyclic amines) is 2. The summed E-state index contributed by atoms with van der Waals surface area (Å²) in [6, 6.07) is 9.34. The number of aryl methyl sites for hydroxylation is 1. The Balaban J connectivity index is 1.54. The smallest absolute Gasteiger partial charge is 0.227 e. The first kappa shape index (κ1) is 15.7. The van der Waals surface area contributed by atoms with E-state index in [0.717, 1.165) is 24.9 Å². The van der Waals surface area contributed by atoms with E-state index in [9.17, 15) is 4.79 Å². The lowest BCUT2D eigenvalue weighted by molar-refractivity contribution is -0.132. The molecule has 128 valence electrons. The number of nitrogens with zero attached hydrogens (tertiary/aromatic N) is 3. The first-order valence-corrected chi connectivity index (χ1v) is 9.18. The first-order chi connectivity index (χ1) is 11.6. The molecule has 4 nitrogen and oxygen atoms in total. The summed E-state index contributed by atoms with van der Waals surface area (Å²) in [5, 5.41) is 1.21. The van der Waals surface area contributed by atoms with E-state index >= 15 is 0 Å². The maximum absolute atomic E-state index is 13.0. The average molecular weight is 325 g/mol. The van der Waals surface area contributed by atoms with E-state index in [1.165, 1.54) is 30.3 Å². The Kier molecular flexibility index (Phi) is 4.09. The fourth-order valence-electron chi connectivity index (χ4n) is 4.76. The summed E-state index contributed by atoms with van der Waals surface area (Å²) < 4.78 is 2.13. The molecule has 0 N–H and O–H groups in total. The fraction of sp³-hybridized carbons (Fsp3) is 0.550. The molecule has 3 heterocycles. The Morgan fingerprint density at radius 3 is 2.62 bits per heavy atom. The summed E-state index contributed by atoms with van der Waals surface area (Å²) in [5.74, 6) is 0.300. The van der Waals surface area contributed by atoms with Crippen LogP contribution in [0.15, 0.2) is 30.5 Å². The van der Waals surface area contributed by atoms with Crippen molar-refractivity contribution in [2.75, 3.05) is 20.1 Å². The lowest BCUT2D eigenvalue weighted by atomic mass is 10.0. The van der Waals surface area contributed by atoms with E-state index in [-0.39, 0.29) is 0 Å². The summed E-state index contributed by atoms with van der Waals surface area (Å²) >= 11 is 0. The van der Waals surface area contributed by atoms with E-state index in [1.54, 1.807) is 0 Å². The molecule has 4 heteroatoms. The summed E-state index contributed by atoms with van der Waals surface area (Å²) in [7, 11) is 4.27. The summed E-state index contributed by atoms with van der Waals surface area (Å²) in [6.07, 6.45) is 7.46. The Bertz CT molecular complexity index is 750. The van der Waals surface area contributed by atoms with Crippen LogP contribution in [0.3, 0.4) is 0 Å². The van der Waals surface area contributed by atoms with Crippen molar-refractivity contribution >= 4 is 16.8 Å². The van der Waals surface area contributed by atoms with Gasteiger partial charge >= 0.3 is 0 Å². The second-order valence-electron chi connectivity index (χ2n) is 7.45. The molecule has 2 fully saturated rings. The minimum Gasteiger partial charge on any atom is -0.350 e. The minimum atomic E-state index is 0.300. The predicted octanol–water partition coefficient (Wildman–Crippen LogP) is 2.81. The van der Waals surface area contributed by atoms with E-state index in [0.29, 0.717) is 24.4 Å². The highest BCUT2D eigenvalue weighted by Gasteiger charge is 2.38. The van der Waals surface area contributed by atoms with Crippen LogP contribution < -0.4 is 0 Å². The van der Waals surface area contributed by atoms with E-state index in [2.05, 4.69) is 58.9 Å². The number of carbonyl (C=O) groups is 1. The van der Waals surface area contributed by atoms with Crippen LogP contribution in [0, 0.1) is 0 Å². The van der Waals surface area contributed by atoms with Gasteiger partial charge in [-0.15, -0.1) is 0 Å². The number of fused-ring (bicyclic) bond motifs is 1. The van der Waals surface area contributed by atoms with Crippen LogP contribution in [0.2, 0.25) is 0 Å². The van der Waals surface area contributed by atoms with Gasteiger partial charge in [-0.1, -0.05) is 18.2 Å². The average Bonchev–Trinajstić information content (AvgIpc) is 3.28. The van der Waals surface area contributed by atoms with Gasteiger partial charge in [0.05, 0.1) is 6.42 Å². The number of hydrogen-bond acceptors (Lipinski definition) is 2. The summed E-state index contributed by atoms with van der Waals surface area (Å²) in [4.78, 5) is 17.7. The van der Waals surface area contributed by atoms with Crippen LogP contribution in [0.1, 0.15) is 31.2 Å². The molecule has 2 aromatic rings. The highest BCUT2D eigenvalue weighted by molar-refractivity contribution is 5.89. The highest BCUT2D eigenvalue weighted by Crippen LogP contribution is 2.30. The Morgan fingerprint density at radius 2 is 1.83 bits per heavy atom. The van der Waals surface area contributed by atoms with Crippen LogP contribution in [0.4, 0.5) is 0 Å². The van der Waals surface area contributed by atoms with Gasteiger partial charge in [-0.05, 0) is 50.9 Å². The molecule has 0 unspecified atom stereocenters. The molecular formula is C20H27N3O. The molecule has 2 aliphatic rings. The van der Waals surface area contributed by atoms with Gasteiger partial charge < -0.3 is 14.4 Å². The normalized spacial score (nSPS) is 25.0. The maximum atomic E-state index is 13.0. The molecule has 2 aliphatic heterocycles. The van der Waals surface area contributed by atoms with Gasteiger partial charge in [0.1, 0.15) is 0 Å². The number of amides is 1. The topological polar surface area (TPSA) is 28.5 Å². The van der Waals surface area contributed by atoms with Gasteiger partial charge in [-0.3, -0.25) is 4.79 Å². The molecule has 1 amide bonds. The monoisotopic (exact) mass is 325 g/mol. The Hall–Kier alpha value is -1.81. The predicted molar refractivity (Wildman–Crippen MR) is 97.0 cm³/mol. The molecule has 0 saturated carbocycles. The van der Waals surface area contributed by atoms with Crippen LogP contribution in [0.5, 0.6) is 0 Å². The van der Waals surface area contributed by atoms with Gasteiger partial charge in [-0.2, -0.15) is 0 Å². The van der Waals surface area contributed by atoms with Gasteiger partial charge in [0.15, 0.2) is 0 Å². The number of rotatable bonds is 3. The van der Waals surface area contributed by atoms with Crippen molar-refractivity contribution < 1.29 is 4.79 Å². The molecular weight excluding hydrogens is 298 g/mol. The van der Waals surface area contributed by atoms with Crippen LogP contribution >= 0.6 is 0 Å². The number of likely N-dealkylation sites (N-methyl/N-ethyl adjacent to an activating group) is 1. The van der Waals surface area contributed by atoms with Crippen molar-refractivity contribution in [3.63, 3.8) is 0 Å². The fourth-order valence-corrected chi connectivity index (χ4v) is 4.76.